The second-order valence-electron chi connectivity index (χ2n) is 7.71. The summed E-state index contributed by atoms with van der Waals surface area (Å²) in [6.45, 7) is 4.50. The van der Waals surface area contributed by atoms with Crippen molar-refractivity contribution in [1.29, 1.82) is 0 Å². The van der Waals surface area contributed by atoms with Crippen LogP contribution in [0.25, 0.3) is 5.76 Å². The van der Waals surface area contributed by atoms with Gasteiger partial charge in [-0.25, -0.2) is 0 Å². The summed E-state index contributed by atoms with van der Waals surface area (Å²) in [5.41, 5.74) is 1.88. The summed E-state index contributed by atoms with van der Waals surface area (Å²) in [6, 6.07) is 15.2. The maximum atomic E-state index is 13.2. The van der Waals surface area contributed by atoms with Crippen molar-refractivity contribution in [3.8, 4) is 11.5 Å². The summed E-state index contributed by atoms with van der Waals surface area (Å²) in [4.78, 5) is 28.6. The number of anilines is 1. The minimum Gasteiger partial charge on any atom is -0.507 e. The maximum Gasteiger partial charge on any atom is 0.300 e. The lowest BCUT2D eigenvalue weighted by Crippen LogP contribution is -2.29. The number of aliphatic hydroxyl groups is 1. The fraction of sp³-hybridized carbons (Fsp3) is 0.231. The summed E-state index contributed by atoms with van der Waals surface area (Å²) in [5, 5.41) is 13.1. The van der Waals surface area contributed by atoms with E-state index in [1.54, 1.807) is 49.6 Å². The van der Waals surface area contributed by atoms with Gasteiger partial charge in [0.1, 0.15) is 23.3 Å². The van der Waals surface area contributed by atoms with E-state index in [-0.39, 0.29) is 11.3 Å². The molecule has 4 rings (SSSR count). The number of Topliss-reactive ketones (excluding diaryl/α,β-unsaturated/α-hetero) is 1. The van der Waals surface area contributed by atoms with E-state index in [0.29, 0.717) is 23.6 Å². The monoisotopic (exact) mass is 463 g/mol. The van der Waals surface area contributed by atoms with Crippen LogP contribution in [0.5, 0.6) is 11.5 Å². The normalized spacial score (nSPS) is 17.4. The fourth-order valence-corrected chi connectivity index (χ4v) is 4.72. The van der Waals surface area contributed by atoms with E-state index in [4.69, 9.17) is 9.47 Å². The highest BCUT2D eigenvalue weighted by Crippen LogP contribution is 2.44. The number of ether oxygens (including phenoxy) is 2. The molecule has 0 aliphatic carbocycles. The van der Waals surface area contributed by atoms with Gasteiger partial charge in [-0.1, -0.05) is 19.1 Å². The van der Waals surface area contributed by atoms with Crippen LogP contribution in [-0.2, 0) is 9.59 Å². The first-order valence-corrected chi connectivity index (χ1v) is 11.6. The van der Waals surface area contributed by atoms with E-state index in [1.807, 2.05) is 31.4 Å². The molecule has 0 spiro atoms. The van der Waals surface area contributed by atoms with Gasteiger partial charge in [0.05, 0.1) is 19.3 Å². The van der Waals surface area contributed by atoms with Crippen LogP contribution in [-0.4, -0.2) is 30.5 Å². The van der Waals surface area contributed by atoms with Crippen LogP contribution in [0.1, 0.15) is 35.4 Å². The predicted octanol–water partition coefficient (Wildman–Crippen LogP) is 5.48. The van der Waals surface area contributed by atoms with Gasteiger partial charge in [0.2, 0.25) is 0 Å². The largest absolute Gasteiger partial charge is 0.507 e. The molecule has 1 aliphatic rings. The minimum atomic E-state index is -0.742. The number of hydrogen-bond donors (Lipinski definition) is 1. The molecule has 1 amide bonds. The second-order valence-corrected chi connectivity index (χ2v) is 8.69. The number of thiophene rings is 1. The quantitative estimate of drug-likeness (QED) is 0.285. The number of carbonyl (C=O) groups is 2. The molecule has 33 heavy (non-hydrogen) atoms. The predicted molar refractivity (Wildman–Crippen MR) is 129 cm³/mol. The van der Waals surface area contributed by atoms with Gasteiger partial charge >= 0.3 is 0 Å². The minimum absolute atomic E-state index is 0.0619. The van der Waals surface area contributed by atoms with E-state index in [2.05, 4.69) is 0 Å². The number of amides is 1. The van der Waals surface area contributed by atoms with Gasteiger partial charge in [0, 0.05) is 22.2 Å². The van der Waals surface area contributed by atoms with Crippen LogP contribution in [0.15, 0.2) is 65.6 Å². The highest BCUT2D eigenvalue weighted by Gasteiger charge is 2.47. The molecule has 1 aliphatic heterocycles. The molecule has 170 valence electrons. The molecule has 1 fully saturated rings. The Hall–Kier alpha value is -3.58. The van der Waals surface area contributed by atoms with E-state index in [1.165, 1.54) is 16.2 Å². The molecule has 3 aromatic rings. The van der Waals surface area contributed by atoms with Crippen molar-refractivity contribution in [3.63, 3.8) is 0 Å². The zero-order valence-corrected chi connectivity index (χ0v) is 19.5. The standard InChI is InChI=1S/C26H25NO5S/c1-4-12-32-20-11-10-17(14-16(20)2)24(28)22-23(21-9-6-13-33-21)27(26(30)25(22)29)18-7-5-8-19(15-18)31-3/h5-11,13-15,23,28H,4,12H2,1-3H3/b24-22-. The molecule has 0 bridgehead atoms. The number of ketones is 1. The summed E-state index contributed by atoms with van der Waals surface area (Å²) < 4.78 is 11.0. The Morgan fingerprint density at radius 3 is 2.61 bits per heavy atom. The summed E-state index contributed by atoms with van der Waals surface area (Å²) in [7, 11) is 1.54. The molecule has 1 saturated heterocycles. The number of nitrogens with zero attached hydrogens (tertiary/aromatic N) is 1. The SMILES string of the molecule is CCCOc1ccc(/C(O)=C2/C(=O)C(=O)N(c3cccc(OC)c3)C2c2cccs2)cc1C. The molecule has 6 nitrogen and oxygen atoms in total. The Morgan fingerprint density at radius 1 is 1.12 bits per heavy atom. The van der Waals surface area contributed by atoms with Crippen LogP contribution in [0.2, 0.25) is 0 Å². The Morgan fingerprint density at radius 2 is 1.94 bits per heavy atom. The Bertz CT molecular complexity index is 1220. The van der Waals surface area contributed by atoms with Crippen LogP contribution in [0, 0.1) is 6.92 Å². The van der Waals surface area contributed by atoms with Gasteiger partial charge in [0.15, 0.2) is 0 Å². The summed E-state index contributed by atoms with van der Waals surface area (Å²) in [6.07, 6.45) is 0.885. The van der Waals surface area contributed by atoms with Crippen molar-refractivity contribution in [1.82, 2.24) is 0 Å². The van der Waals surface area contributed by atoms with Crippen molar-refractivity contribution < 1.29 is 24.2 Å². The third-order valence-electron chi connectivity index (χ3n) is 5.50. The van der Waals surface area contributed by atoms with Crippen LogP contribution in [0.4, 0.5) is 5.69 Å². The van der Waals surface area contributed by atoms with Crippen molar-refractivity contribution in [2.45, 2.75) is 26.3 Å². The highest BCUT2D eigenvalue weighted by molar-refractivity contribution is 7.10. The Kier molecular flexibility index (Phi) is 6.51. The van der Waals surface area contributed by atoms with Crippen molar-refractivity contribution >= 4 is 34.5 Å². The molecule has 0 saturated carbocycles. The molecular formula is C26H25NO5S. The van der Waals surface area contributed by atoms with Gasteiger partial charge in [-0.2, -0.15) is 0 Å². The molecule has 1 atom stereocenters. The average molecular weight is 464 g/mol. The molecule has 2 heterocycles. The number of benzene rings is 2. The Balaban J connectivity index is 1.84. The van der Waals surface area contributed by atoms with E-state index in [0.717, 1.165) is 22.6 Å². The summed E-state index contributed by atoms with van der Waals surface area (Å²) in [5.74, 6) is -0.333. The van der Waals surface area contributed by atoms with E-state index in [9.17, 15) is 14.7 Å². The Labute approximate surface area is 196 Å². The molecule has 2 aromatic carbocycles. The molecule has 0 radical (unpaired) electrons. The average Bonchev–Trinajstić information content (AvgIpc) is 3.44. The molecule has 1 N–H and O–H groups in total. The third kappa shape index (κ3) is 4.24. The number of carbonyl (C=O) groups excluding carboxylic acids is 2. The van der Waals surface area contributed by atoms with Gasteiger partial charge in [-0.3, -0.25) is 14.5 Å². The van der Waals surface area contributed by atoms with Gasteiger partial charge in [0.25, 0.3) is 11.7 Å². The lowest BCUT2D eigenvalue weighted by atomic mass is 9.98. The number of hydrogen-bond acceptors (Lipinski definition) is 6. The summed E-state index contributed by atoms with van der Waals surface area (Å²) >= 11 is 1.42. The number of methoxy groups -OCH3 is 1. The smallest absolute Gasteiger partial charge is 0.300 e. The van der Waals surface area contributed by atoms with Crippen LogP contribution < -0.4 is 14.4 Å². The number of aryl methyl sites for hydroxylation is 1. The van der Waals surface area contributed by atoms with Crippen LogP contribution in [0.3, 0.4) is 0 Å². The first kappa shape index (κ1) is 22.6. The van der Waals surface area contributed by atoms with Crippen molar-refractivity contribution in [2.75, 3.05) is 18.6 Å². The highest BCUT2D eigenvalue weighted by atomic mass is 32.1. The first-order valence-electron chi connectivity index (χ1n) is 10.7. The van der Waals surface area contributed by atoms with Crippen molar-refractivity contribution in [3.05, 3.63) is 81.6 Å². The van der Waals surface area contributed by atoms with Gasteiger partial charge in [-0.05, 0) is 60.7 Å². The molecule has 1 aromatic heterocycles. The van der Waals surface area contributed by atoms with Crippen molar-refractivity contribution in [2.24, 2.45) is 0 Å². The zero-order chi connectivity index (χ0) is 23.5. The fourth-order valence-electron chi connectivity index (χ4n) is 3.90. The third-order valence-corrected chi connectivity index (χ3v) is 6.42. The van der Waals surface area contributed by atoms with Crippen LogP contribution >= 0.6 is 11.3 Å². The number of aliphatic hydroxyl groups excluding tert-OH is 1. The topological polar surface area (TPSA) is 76.1 Å². The van der Waals surface area contributed by atoms with E-state index < -0.39 is 17.7 Å². The maximum absolute atomic E-state index is 13.2. The second kappa shape index (κ2) is 9.50. The van der Waals surface area contributed by atoms with E-state index >= 15 is 0 Å². The lowest BCUT2D eigenvalue weighted by molar-refractivity contribution is -0.132. The lowest BCUT2D eigenvalue weighted by Gasteiger charge is -2.24. The molecule has 1 unspecified atom stereocenters. The number of rotatable bonds is 7. The molecular weight excluding hydrogens is 438 g/mol. The first-order chi connectivity index (χ1) is 16.0. The zero-order valence-electron chi connectivity index (χ0n) is 18.7. The van der Waals surface area contributed by atoms with Gasteiger partial charge < -0.3 is 14.6 Å². The van der Waals surface area contributed by atoms with Gasteiger partial charge in [-0.15, -0.1) is 11.3 Å². The molecule has 7 heteroatoms.